The summed E-state index contributed by atoms with van der Waals surface area (Å²) in [5, 5.41) is 2.51. The van der Waals surface area contributed by atoms with Crippen LogP contribution in [0.2, 0.25) is 0 Å². The lowest BCUT2D eigenvalue weighted by atomic mass is 9.87. The molecule has 2 N–H and O–H groups in total. The smallest absolute Gasteiger partial charge is 0.0368 e. The zero-order valence-electron chi connectivity index (χ0n) is 12.1. The standard InChI is InChI=1S/C19H19N.ClH/c1-14(15-8-3-2-4-9-15)19(20)18-13-7-11-16-10-5-6-12-17(16)18;/h2-14,19H,20H2,1H3;1H. The van der Waals surface area contributed by atoms with Crippen LogP contribution in [-0.4, -0.2) is 0 Å². The van der Waals surface area contributed by atoms with Gasteiger partial charge in [-0.3, -0.25) is 0 Å². The molecule has 0 bridgehead atoms. The van der Waals surface area contributed by atoms with Crippen LogP contribution in [0.25, 0.3) is 10.8 Å². The average molecular weight is 298 g/mol. The van der Waals surface area contributed by atoms with Gasteiger partial charge < -0.3 is 5.73 Å². The van der Waals surface area contributed by atoms with Crippen LogP contribution in [0.3, 0.4) is 0 Å². The summed E-state index contributed by atoms with van der Waals surface area (Å²) in [5.74, 6) is 0.294. The number of hydrogen-bond acceptors (Lipinski definition) is 1. The normalized spacial score (nSPS) is 13.4. The Morgan fingerprint density at radius 2 is 1.38 bits per heavy atom. The quantitative estimate of drug-likeness (QED) is 0.718. The van der Waals surface area contributed by atoms with Crippen LogP contribution < -0.4 is 5.73 Å². The van der Waals surface area contributed by atoms with Crippen molar-refractivity contribution in [3.8, 4) is 0 Å². The van der Waals surface area contributed by atoms with Crippen LogP contribution >= 0.6 is 12.4 Å². The van der Waals surface area contributed by atoms with E-state index >= 15 is 0 Å². The molecule has 3 rings (SSSR count). The van der Waals surface area contributed by atoms with Crippen molar-refractivity contribution in [2.24, 2.45) is 5.73 Å². The summed E-state index contributed by atoms with van der Waals surface area (Å²) in [6, 6.07) is 25.3. The fourth-order valence-corrected chi connectivity index (χ4v) is 2.77. The maximum atomic E-state index is 6.54. The first-order valence-electron chi connectivity index (χ1n) is 7.05. The van der Waals surface area contributed by atoms with Crippen LogP contribution in [0, 0.1) is 0 Å². The van der Waals surface area contributed by atoms with Gasteiger partial charge in [-0.15, -0.1) is 12.4 Å². The van der Waals surface area contributed by atoms with Gasteiger partial charge in [0.2, 0.25) is 0 Å². The maximum Gasteiger partial charge on any atom is 0.0368 e. The number of fused-ring (bicyclic) bond motifs is 1. The fraction of sp³-hybridized carbons (Fsp3) is 0.158. The lowest BCUT2D eigenvalue weighted by Crippen LogP contribution is -2.18. The van der Waals surface area contributed by atoms with E-state index in [0.717, 1.165) is 0 Å². The first-order chi connectivity index (χ1) is 9.77. The van der Waals surface area contributed by atoms with Crippen LogP contribution in [-0.2, 0) is 0 Å². The van der Waals surface area contributed by atoms with E-state index in [2.05, 4.69) is 73.7 Å². The monoisotopic (exact) mass is 297 g/mol. The number of benzene rings is 3. The van der Waals surface area contributed by atoms with Crippen molar-refractivity contribution in [1.29, 1.82) is 0 Å². The highest BCUT2D eigenvalue weighted by atomic mass is 35.5. The first-order valence-corrected chi connectivity index (χ1v) is 7.05. The second-order valence-corrected chi connectivity index (χ2v) is 5.29. The third-order valence-electron chi connectivity index (χ3n) is 4.05. The number of halogens is 1. The number of hydrogen-bond donors (Lipinski definition) is 1. The van der Waals surface area contributed by atoms with Gasteiger partial charge in [0.25, 0.3) is 0 Å². The molecule has 2 heteroatoms. The van der Waals surface area contributed by atoms with Crippen molar-refractivity contribution in [2.75, 3.05) is 0 Å². The summed E-state index contributed by atoms with van der Waals surface area (Å²) in [6.07, 6.45) is 0. The minimum absolute atomic E-state index is 0. The predicted molar refractivity (Wildman–Crippen MR) is 93.0 cm³/mol. The highest BCUT2D eigenvalue weighted by molar-refractivity contribution is 5.86. The number of nitrogens with two attached hydrogens (primary N) is 1. The van der Waals surface area contributed by atoms with Crippen LogP contribution in [0.15, 0.2) is 72.8 Å². The van der Waals surface area contributed by atoms with Crippen LogP contribution in [0.4, 0.5) is 0 Å². The summed E-state index contributed by atoms with van der Waals surface area (Å²) in [7, 11) is 0. The van der Waals surface area contributed by atoms with Crippen molar-refractivity contribution < 1.29 is 0 Å². The van der Waals surface area contributed by atoms with Crippen LogP contribution in [0.5, 0.6) is 0 Å². The molecule has 0 spiro atoms. The molecular formula is C19H20ClN. The molecule has 3 aromatic carbocycles. The molecule has 0 aliphatic carbocycles. The second-order valence-electron chi connectivity index (χ2n) is 5.29. The molecule has 0 radical (unpaired) electrons. The van der Waals surface area contributed by atoms with E-state index in [1.54, 1.807) is 0 Å². The van der Waals surface area contributed by atoms with Crippen molar-refractivity contribution in [1.82, 2.24) is 0 Å². The van der Waals surface area contributed by atoms with E-state index in [4.69, 9.17) is 5.73 Å². The largest absolute Gasteiger partial charge is 0.323 e. The fourth-order valence-electron chi connectivity index (χ4n) is 2.77. The summed E-state index contributed by atoms with van der Waals surface area (Å²) in [5.41, 5.74) is 9.04. The van der Waals surface area contributed by atoms with Crippen molar-refractivity contribution in [2.45, 2.75) is 18.9 Å². The molecule has 0 aliphatic heterocycles. The summed E-state index contributed by atoms with van der Waals surface area (Å²) in [4.78, 5) is 0. The molecule has 21 heavy (non-hydrogen) atoms. The molecule has 1 nitrogen and oxygen atoms in total. The summed E-state index contributed by atoms with van der Waals surface area (Å²) < 4.78 is 0. The Hall–Kier alpha value is -1.83. The van der Waals surface area contributed by atoms with E-state index < -0.39 is 0 Å². The van der Waals surface area contributed by atoms with Gasteiger partial charge >= 0.3 is 0 Å². The highest BCUT2D eigenvalue weighted by Crippen LogP contribution is 2.32. The molecule has 0 amide bonds. The Morgan fingerprint density at radius 3 is 2.14 bits per heavy atom. The topological polar surface area (TPSA) is 26.0 Å². The lowest BCUT2D eigenvalue weighted by Gasteiger charge is -2.22. The molecule has 108 valence electrons. The molecule has 0 aliphatic rings. The Morgan fingerprint density at radius 1 is 0.762 bits per heavy atom. The average Bonchev–Trinajstić information content (AvgIpc) is 2.54. The third-order valence-corrected chi connectivity index (χ3v) is 4.05. The van der Waals surface area contributed by atoms with E-state index in [0.29, 0.717) is 5.92 Å². The first kappa shape index (κ1) is 15.6. The minimum atomic E-state index is 0. The molecule has 3 aromatic rings. The molecule has 0 fully saturated rings. The SMILES string of the molecule is CC(c1ccccc1)C(N)c1cccc2ccccc12.Cl. The van der Waals surface area contributed by atoms with Crippen molar-refractivity contribution in [3.63, 3.8) is 0 Å². The molecule has 0 saturated carbocycles. The van der Waals surface area contributed by atoms with Gasteiger partial charge in [-0.2, -0.15) is 0 Å². The molecule has 2 unspecified atom stereocenters. The van der Waals surface area contributed by atoms with E-state index in [9.17, 15) is 0 Å². The molecular weight excluding hydrogens is 278 g/mol. The Kier molecular flexibility index (Phi) is 5.00. The van der Waals surface area contributed by atoms with Gasteiger partial charge in [0.15, 0.2) is 0 Å². The zero-order valence-corrected chi connectivity index (χ0v) is 12.9. The van der Waals surface area contributed by atoms with E-state index in [-0.39, 0.29) is 18.4 Å². The second kappa shape index (κ2) is 6.75. The summed E-state index contributed by atoms with van der Waals surface area (Å²) in [6.45, 7) is 2.20. The third kappa shape index (κ3) is 3.10. The lowest BCUT2D eigenvalue weighted by molar-refractivity contribution is 0.602. The molecule has 0 saturated heterocycles. The van der Waals surface area contributed by atoms with Gasteiger partial charge in [-0.05, 0) is 21.9 Å². The number of rotatable bonds is 3. The van der Waals surface area contributed by atoms with Gasteiger partial charge in [0.05, 0.1) is 0 Å². The minimum Gasteiger partial charge on any atom is -0.323 e. The predicted octanol–water partition coefficient (Wildman–Crippen LogP) is 5.07. The van der Waals surface area contributed by atoms with Gasteiger partial charge in [0.1, 0.15) is 0 Å². The molecule has 2 atom stereocenters. The Balaban J connectivity index is 0.00000161. The van der Waals surface area contributed by atoms with Gasteiger partial charge in [-0.1, -0.05) is 79.7 Å². The maximum absolute atomic E-state index is 6.54. The van der Waals surface area contributed by atoms with Crippen molar-refractivity contribution in [3.05, 3.63) is 83.9 Å². The molecule has 0 aromatic heterocycles. The Bertz CT molecular complexity index is 704. The van der Waals surface area contributed by atoms with Crippen LogP contribution in [0.1, 0.15) is 30.0 Å². The van der Waals surface area contributed by atoms with Gasteiger partial charge in [-0.25, -0.2) is 0 Å². The Labute approximate surface area is 132 Å². The highest BCUT2D eigenvalue weighted by Gasteiger charge is 2.18. The molecule has 0 heterocycles. The van der Waals surface area contributed by atoms with Gasteiger partial charge in [0, 0.05) is 12.0 Å². The van der Waals surface area contributed by atoms with Crippen molar-refractivity contribution >= 4 is 23.2 Å². The zero-order chi connectivity index (χ0) is 13.9. The van der Waals surface area contributed by atoms with E-state index in [1.807, 2.05) is 6.07 Å². The van der Waals surface area contributed by atoms with E-state index in [1.165, 1.54) is 21.9 Å². The summed E-state index contributed by atoms with van der Waals surface area (Å²) >= 11 is 0.